The summed E-state index contributed by atoms with van der Waals surface area (Å²) < 4.78 is 40.0. The number of anilines is 1. The number of amides is 1. The molecular formula is C31H35N3O5S. The van der Waals surface area contributed by atoms with Crippen molar-refractivity contribution in [3.8, 4) is 11.8 Å². The Bertz CT molecular complexity index is 1590. The lowest BCUT2D eigenvalue weighted by Gasteiger charge is -2.34. The van der Waals surface area contributed by atoms with Gasteiger partial charge in [-0.1, -0.05) is 18.2 Å². The zero-order valence-electron chi connectivity index (χ0n) is 23.4. The standard InChI is InChI=1S/C31H35N3O5S/c1-5-40(36,37)34-28-13-12-26(38-27-7-6-14-33(20-27)30(35)39-31(2,3)4)17-25(28)18-29(34)23-11-10-22-9-8-21(19-32)15-24(22)16-23/h8-13,15-17,27,29H,5-7,14,18,20H2,1-4H3. The Morgan fingerprint density at radius 2 is 1.85 bits per heavy atom. The summed E-state index contributed by atoms with van der Waals surface area (Å²) in [6.07, 6.45) is 1.62. The number of hydrogen-bond acceptors (Lipinski definition) is 6. The third-order valence-electron chi connectivity index (χ3n) is 7.36. The zero-order valence-corrected chi connectivity index (χ0v) is 24.2. The molecule has 1 amide bonds. The molecule has 0 radical (unpaired) electrons. The van der Waals surface area contributed by atoms with Gasteiger partial charge in [-0.25, -0.2) is 13.2 Å². The highest BCUT2D eigenvalue weighted by Crippen LogP contribution is 2.44. The van der Waals surface area contributed by atoms with E-state index in [2.05, 4.69) is 6.07 Å². The van der Waals surface area contributed by atoms with Crippen LogP contribution in [0.2, 0.25) is 0 Å². The number of sulfonamides is 1. The Morgan fingerprint density at radius 1 is 1.07 bits per heavy atom. The van der Waals surface area contributed by atoms with Gasteiger partial charge in [0.1, 0.15) is 17.5 Å². The van der Waals surface area contributed by atoms with Crippen LogP contribution < -0.4 is 9.04 Å². The first-order chi connectivity index (χ1) is 19.0. The fourth-order valence-corrected chi connectivity index (χ4v) is 6.81. The molecule has 0 aliphatic carbocycles. The molecule has 0 saturated carbocycles. The summed E-state index contributed by atoms with van der Waals surface area (Å²) in [5.74, 6) is 0.636. The highest BCUT2D eigenvalue weighted by molar-refractivity contribution is 7.92. The second-order valence-electron chi connectivity index (χ2n) is 11.4. The number of nitriles is 1. The molecule has 9 heteroatoms. The van der Waals surface area contributed by atoms with Crippen LogP contribution in [-0.4, -0.2) is 50.0 Å². The van der Waals surface area contributed by atoms with Gasteiger partial charge < -0.3 is 14.4 Å². The van der Waals surface area contributed by atoms with Gasteiger partial charge in [-0.15, -0.1) is 0 Å². The summed E-state index contributed by atoms with van der Waals surface area (Å²) >= 11 is 0. The van der Waals surface area contributed by atoms with Crippen molar-refractivity contribution in [3.63, 3.8) is 0 Å². The molecule has 3 aromatic rings. The van der Waals surface area contributed by atoms with Crippen molar-refractivity contribution in [2.45, 2.75) is 64.7 Å². The van der Waals surface area contributed by atoms with Crippen LogP contribution in [0.15, 0.2) is 54.6 Å². The van der Waals surface area contributed by atoms with E-state index in [4.69, 9.17) is 9.47 Å². The summed E-state index contributed by atoms with van der Waals surface area (Å²) in [5, 5.41) is 11.2. The number of hydrogen-bond donors (Lipinski definition) is 0. The summed E-state index contributed by atoms with van der Waals surface area (Å²) in [6, 6.07) is 18.8. The molecule has 2 atom stereocenters. The smallest absolute Gasteiger partial charge is 0.410 e. The van der Waals surface area contributed by atoms with Crippen LogP contribution in [0.4, 0.5) is 10.5 Å². The molecule has 5 rings (SSSR count). The van der Waals surface area contributed by atoms with E-state index in [1.165, 1.54) is 4.31 Å². The minimum Gasteiger partial charge on any atom is -0.489 e. The Balaban J connectivity index is 1.40. The highest BCUT2D eigenvalue weighted by Gasteiger charge is 2.38. The van der Waals surface area contributed by atoms with Gasteiger partial charge in [-0.05, 0) is 98.8 Å². The molecule has 0 N–H and O–H groups in total. The minimum absolute atomic E-state index is 0.0179. The number of carbonyl (C=O) groups is 1. The summed E-state index contributed by atoms with van der Waals surface area (Å²) in [5.41, 5.74) is 2.43. The van der Waals surface area contributed by atoms with E-state index in [9.17, 15) is 18.5 Å². The fourth-order valence-electron chi connectivity index (χ4n) is 5.47. The largest absolute Gasteiger partial charge is 0.489 e. The van der Waals surface area contributed by atoms with Crippen LogP contribution >= 0.6 is 0 Å². The number of piperidine rings is 1. The molecule has 2 unspecified atom stereocenters. The maximum Gasteiger partial charge on any atom is 0.410 e. The van der Waals surface area contributed by atoms with E-state index in [0.29, 0.717) is 36.5 Å². The lowest BCUT2D eigenvalue weighted by molar-refractivity contribution is 0.00775. The Morgan fingerprint density at radius 3 is 2.58 bits per heavy atom. The number of likely N-dealkylation sites (tertiary alicyclic amines) is 1. The van der Waals surface area contributed by atoms with Crippen LogP contribution in [0.1, 0.15) is 63.3 Å². The van der Waals surface area contributed by atoms with Crippen molar-refractivity contribution in [1.82, 2.24) is 4.90 Å². The normalized spacial score (nSPS) is 19.3. The predicted octanol–water partition coefficient (Wildman–Crippen LogP) is 5.94. The Hall–Kier alpha value is -3.77. The first-order valence-corrected chi connectivity index (χ1v) is 15.3. The van der Waals surface area contributed by atoms with Crippen LogP contribution in [0.3, 0.4) is 0 Å². The number of fused-ring (bicyclic) bond motifs is 2. The van der Waals surface area contributed by atoms with E-state index in [1.54, 1.807) is 17.9 Å². The molecule has 0 spiro atoms. The molecule has 2 heterocycles. The number of benzene rings is 3. The van der Waals surface area contributed by atoms with E-state index >= 15 is 0 Å². The summed E-state index contributed by atoms with van der Waals surface area (Å²) in [4.78, 5) is 14.3. The molecule has 0 bridgehead atoms. The zero-order chi connectivity index (χ0) is 28.7. The van der Waals surface area contributed by atoms with Gasteiger partial charge in [0, 0.05) is 13.0 Å². The lowest BCUT2D eigenvalue weighted by Crippen LogP contribution is -2.46. The number of rotatable bonds is 5. The maximum atomic E-state index is 13.3. The van der Waals surface area contributed by atoms with E-state index in [0.717, 1.165) is 34.7 Å². The van der Waals surface area contributed by atoms with E-state index in [1.807, 2.05) is 69.3 Å². The van der Waals surface area contributed by atoms with Crippen molar-refractivity contribution in [1.29, 1.82) is 5.26 Å². The lowest BCUT2D eigenvalue weighted by atomic mass is 9.98. The number of ether oxygens (including phenoxy) is 2. The Kier molecular flexibility index (Phi) is 7.40. The average Bonchev–Trinajstić information content (AvgIpc) is 3.31. The maximum absolute atomic E-state index is 13.3. The van der Waals surface area contributed by atoms with E-state index in [-0.39, 0.29) is 18.0 Å². The Labute approximate surface area is 236 Å². The first kappa shape index (κ1) is 27.8. The van der Waals surface area contributed by atoms with Crippen LogP contribution in [-0.2, 0) is 21.2 Å². The molecule has 2 aliphatic heterocycles. The first-order valence-electron chi connectivity index (χ1n) is 13.7. The number of nitrogens with zero attached hydrogens (tertiary/aromatic N) is 3. The SMILES string of the molecule is CCS(=O)(=O)N1c2ccc(OC3CCCN(C(=O)OC(C)(C)C)C3)cc2CC1c1ccc2ccc(C#N)cc2c1. The van der Waals surface area contributed by atoms with Crippen molar-refractivity contribution < 1.29 is 22.7 Å². The van der Waals surface area contributed by atoms with Gasteiger partial charge in [0.15, 0.2) is 0 Å². The third kappa shape index (κ3) is 5.73. The van der Waals surface area contributed by atoms with Crippen molar-refractivity contribution in [2.75, 3.05) is 23.1 Å². The van der Waals surface area contributed by atoms with E-state index < -0.39 is 21.7 Å². The van der Waals surface area contributed by atoms with Crippen molar-refractivity contribution >= 4 is 32.6 Å². The molecule has 1 fully saturated rings. The molecule has 2 aliphatic rings. The molecule has 1 saturated heterocycles. The van der Waals surface area contributed by atoms with Gasteiger partial charge in [-0.3, -0.25) is 4.31 Å². The molecule has 3 aromatic carbocycles. The third-order valence-corrected chi connectivity index (χ3v) is 9.14. The second-order valence-corrected chi connectivity index (χ2v) is 13.6. The highest BCUT2D eigenvalue weighted by atomic mass is 32.2. The van der Waals surface area contributed by atoms with Gasteiger partial charge in [0.05, 0.1) is 35.7 Å². The van der Waals surface area contributed by atoms with Crippen LogP contribution in [0.5, 0.6) is 5.75 Å². The van der Waals surface area contributed by atoms with Gasteiger partial charge >= 0.3 is 6.09 Å². The molecule has 40 heavy (non-hydrogen) atoms. The minimum atomic E-state index is -3.56. The second kappa shape index (κ2) is 10.7. The van der Waals surface area contributed by atoms with Gasteiger partial charge in [0.2, 0.25) is 10.0 Å². The molecule has 8 nitrogen and oxygen atoms in total. The molecular weight excluding hydrogens is 526 g/mol. The summed E-state index contributed by atoms with van der Waals surface area (Å²) in [6.45, 7) is 8.28. The summed E-state index contributed by atoms with van der Waals surface area (Å²) in [7, 11) is -3.56. The number of carbonyl (C=O) groups excluding carboxylic acids is 1. The fraction of sp³-hybridized carbons (Fsp3) is 0.419. The van der Waals surface area contributed by atoms with Crippen LogP contribution in [0, 0.1) is 11.3 Å². The topological polar surface area (TPSA) is 99.9 Å². The quantitative estimate of drug-likeness (QED) is 0.382. The van der Waals surface area contributed by atoms with Crippen molar-refractivity contribution in [2.24, 2.45) is 0 Å². The monoisotopic (exact) mass is 561 g/mol. The van der Waals surface area contributed by atoms with Gasteiger partial charge in [-0.2, -0.15) is 5.26 Å². The molecule has 210 valence electrons. The average molecular weight is 562 g/mol. The van der Waals surface area contributed by atoms with Crippen LogP contribution in [0.25, 0.3) is 10.8 Å². The van der Waals surface area contributed by atoms with Gasteiger partial charge in [0.25, 0.3) is 0 Å². The molecule has 0 aromatic heterocycles. The predicted molar refractivity (Wildman–Crippen MR) is 155 cm³/mol. The van der Waals surface area contributed by atoms with Crippen molar-refractivity contribution in [3.05, 3.63) is 71.3 Å².